The van der Waals surface area contributed by atoms with Crippen molar-refractivity contribution < 1.29 is 14.3 Å². The second-order valence-corrected chi connectivity index (χ2v) is 6.84. The fraction of sp³-hybridized carbons (Fsp3) is 0.364. The van der Waals surface area contributed by atoms with Crippen molar-refractivity contribution in [1.29, 1.82) is 0 Å². The molecule has 3 N–H and O–H groups in total. The van der Waals surface area contributed by atoms with Gasteiger partial charge in [0.05, 0.1) is 12.6 Å². The van der Waals surface area contributed by atoms with Crippen molar-refractivity contribution in [2.45, 2.75) is 46.3 Å². The van der Waals surface area contributed by atoms with Gasteiger partial charge in [0.2, 0.25) is 11.8 Å². The zero-order valence-electron chi connectivity index (χ0n) is 16.7. The molecule has 0 aliphatic carbocycles. The number of hydrogen-bond donors (Lipinski definition) is 3. The fourth-order valence-electron chi connectivity index (χ4n) is 2.61. The summed E-state index contributed by atoms with van der Waals surface area (Å²) < 4.78 is 5.61. The molecule has 0 spiro atoms. The summed E-state index contributed by atoms with van der Waals surface area (Å²) >= 11 is 0. The number of carbonyl (C=O) groups is 2. The number of hydrogen-bond acceptors (Lipinski definition) is 4. The molecule has 0 radical (unpaired) electrons. The normalized spacial score (nSPS) is 10.6. The lowest BCUT2D eigenvalue weighted by molar-refractivity contribution is -0.116. The number of nitrogens with one attached hydrogen (secondary N) is 3. The van der Waals surface area contributed by atoms with Gasteiger partial charge in [0.25, 0.3) is 0 Å². The maximum absolute atomic E-state index is 12.1. The third-order valence-electron chi connectivity index (χ3n) is 3.82. The van der Waals surface area contributed by atoms with E-state index in [-0.39, 0.29) is 24.5 Å². The maximum atomic E-state index is 12.1. The minimum Gasteiger partial charge on any atom is -0.491 e. The summed E-state index contributed by atoms with van der Waals surface area (Å²) in [4.78, 5) is 23.8. The first-order chi connectivity index (χ1) is 13.5. The molecule has 6 heteroatoms. The average Bonchev–Trinajstić information content (AvgIpc) is 2.63. The van der Waals surface area contributed by atoms with Gasteiger partial charge in [0, 0.05) is 24.3 Å². The van der Waals surface area contributed by atoms with Crippen LogP contribution in [0.3, 0.4) is 0 Å². The molecule has 0 aromatic heterocycles. The largest absolute Gasteiger partial charge is 0.491 e. The predicted octanol–water partition coefficient (Wildman–Crippen LogP) is 3.94. The Labute approximate surface area is 166 Å². The van der Waals surface area contributed by atoms with Crippen molar-refractivity contribution in [3.63, 3.8) is 0 Å². The van der Waals surface area contributed by atoms with Crippen LogP contribution in [0.5, 0.6) is 5.75 Å². The van der Waals surface area contributed by atoms with E-state index in [1.807, 2.05) is 45.0 Å². The van der Waals surface area contributed by atoms with Gasteiger partial charge in [-0.05, 0) is 56.2 Å². The summed E-state index contributed by atoms with van der Waals surface area (Å²) in [5.41, 5.74) is 2.40. The summed E-state index contributed by atoms with van der Waals surface area (Å²) in [7, 11) is 0. The molecule has 0 saturated carbocycles. The number of benzene rings is 2. The minimum absolute atomic E-state index is 0.0301. The van der Waals surface area contributed by atoms with E-state index in [9.17, 15) is 9.59 Å². The monoisotopic (exact) mass is 383 g/mol. The molecular formula is C22H29N3O3. The van der Waals surface area contributed by atoms with E-state index < -0.39 is 0 Å². The standard InChI is InChI=1S/C22H29N3O3/c1-4-6-21(26)24-18-7-5-8-19(13-18)25-22(27)15-23-14-17-9-11-20(12-10-17)28-16(2)3/h5,7-13,16,23H,4,6,14-15H2,1-3H3,(H,24,26)(H,25,27). The molecule has 0 aliphatic heterocycles. The first kappa shape index (κ1) is 21.4. The zero-order valence-corrected chi connectivity index (χ0v) is 16.7. The van der Waals surface area contributed by atoms with Crippen LogP contribution in [0, 0.1) is 0 Å². The second kappa shape index (κ2) is 11.1. The Morgan fingerprint density at radius 2 is 1.61 bits per heavy atom. The van der Waals surface area contributed by atoms with Crippen LogP contribution < -0.4 is 20.7 Å². The first-order valence-corrected chi connectivity index (χ1v) is 9.62. The van der Waals surface area contributed by atoms with Gasteiger partial charge in [-0.2, -0.15) is 0 Å². The zero-order chi connectivity index (χ0) is 20.4. The molecule has 0 bridgehead atoms. The number of carbonyl (C=O) groups excluding carboxylic acids is 2. The lowest BCUT2D eigenvalue weighted by atomic mass is 10.2. The predicted molar refractivity (Wildman–Crippen MR) is 113 cm³/mol. The minimum atomic E-state index is -0.142. The molecule has 2 aromatic rings. The van der Waals surface area contributed by atoms with Gasteiger partial charge in [-0.25, -0.2) is 0 Å². The smallest absolute Gasteiger partial charge is 0.238 e. The lowest BCUT2D eigenvalue weighted by Gasteiger charge is -2.11. The molecule has 28 heavy (non-hydrogen) atoms. The lowest BCUT2D eigenvalue weighted by Crippen LogP contribution is -2.27. The van der Waals surface area contributed by atoms with E-state index in [4.69, 9.17) is 4.74 Å². The van der Waals surface area contributed by atoms with Crippen molar-refractivity contribution in [3.05, 3.63) is 54.1 Å². The quantitative estimate of drug-likeness (QED) is 0.581. The van der Waals surface area contributed by atoms with Crippen LogP contribution in [0.2, 0.25) is 0 Å². The summed E-state index contributed by atoms with van der Waals surface area (Å²) in [6, 6.07) is 14.9. The van der Waals surface area contributed by atoms with E-state index >= 15 is 0 Å². The number of anilines is 2. The van der Waals surface area contributed by atoms with Gasteiger partial charge in [-0.1, -0.05) is 25.1 Å². The van der Waals surface area contributed by atoms with E-state index in [0.29, 0.717) is 24.3 Å². The number of rotatable bonds is 10. The van der Waals surface area contributed by atoms with Gasteiger partial charge >= 0.3 is 0 Å². The van der Waals surface area contributed by atoms with Gasteiger partial charge < -0.3 is 20.7 Å². The van der Waals surface area contributed by atoms with Crippen LogP contribution in [0.25, 0.3) is 0 Å². The molecular weight excluding hydrogens is 354 g/mol. The van der Waals surface area contributed by atoms with E-state index in [1.165, 1.54) is 0 Å². The maximum Gasteiger partial charge on any atom is 0.238 e. The van der Waals surface area contributed by atoms with E-state index in [2.05, 4.69) is 16.0 Å². The Bertz CT molecular complexity index is 773. The molecule has 0 aliphatic rings. The Morgan fingerprint density at radius 3 is 2.21 bits per heavy atom. The van der Waals surface area contributed by atoms with E-state index in [1.54, 1.807) is 24.3 Å². The number of amides is 2. The fourth-order valence-corrected chi connectivity index (χ4v) is 2.61. The Morgan fingerprint density at radius 1 is 0.964 bits per heavy atom. The molecule has 2 rings (SSSR count). The van der Waals surface area contributed by atoms with Crippen LogP contribution in [0.1, 0.15) is 39.2 Å². The molecule has 2 aromatic carbocycles. The molecule has 0 saturated heterocycles. The summed E-state index contributed by atoms with van der Waals surface area (Å²) in [5, 5.41) is 8.78. The molecule has 2 amide bonds. The Hall–Kier alpha value is -2.86. The van der Waals surface area contributed by atoms with Gasteiger partial charge in [0.1, 0.15) is 5.75 Å². The highest BCUT2D eigenvalue weighted by atomic mass is 16.5. The number of ether oxygens (including phenoxy) is 1. The van der Waals surface area contributed by atoms with Crippen LogP contribution >= 0.6 is 0 Å². The molecule has 0 atom stereocenters. The van der Waals surface area contributed by atoms with Gasteiger partial charge in [0.15, 0.2) is 0 Å². The molecule has 150 valence electrons. The Kier molecular flexibility index (Phi) is 8.49. The molecule has 0 unspecified atom stereocenters. The van der Waals surface area contributed by atoms with Crippen molar-refractivity contribution >= 4 is 23.2 Å². The van der Waals surface area contributed by atoms with Crippen LogP contribution in [0.15, 0.2) is 48.5 Å². The molecule has 0 heterocycles. The average molecular weight is 383 g/mol. The van der Waals surface area contributed by atoms with Gasteiger partial charge in [-0.3, -0.25) is 9.59 Å². The highest BCUT2D eigenvalue weighted by Gasteiger charge is 2.05. The highest BCUT2D eigenvalue weighted by molar-refractivity contribution is 5.94. The summed E-state index contributed by atoms with van der Waals surface area (Å²) in [6.07, 6.45) is 1.41. The van der Waals surface area contributed by atoms with Crippen LogP contribution in [-0.2, 0) is 16.1 Å². The third-order valence-corrected chi connectivity index (χ3v) is 3.82. The Balaban J connectivity index is 1.77. The molecule has 6 nitrogen and oxygen atoms in total. The second-order valence-electron chi connectivity index (χ2n) is 6.84. The van der Waals surface area contributed by atoms with Crippen molar-refractivity contribution in [2.75, 3.05) is 17.2 Å². The summed E-state index contributed by atoms with van der Waals surface area (Å²) in [5.74, 6) is 0.664. The van der Waals surface area contributed by atoms with Crippen molar-refractivity contribution in [1.82, 2.24) is 5.32 Å². The van der Waals surface area contributed by atoms with Crippen LogP contribution in [-0.4, -0.2) is 24.5 Å². The van der Waals surface area contributed by atoms with Crippen LogP contribution in [0.4, 0.5) is 11.4 Å². The SMILES string of the molecule is CCCC(=O)Nc1cccc(NC(=O)CNCc2ccc(OC(C)C)cc2)c1. The third kappa shape index (κ3) is 7.80. The van der Waals surface area contributed by atoms with Gasteiger partial charge in [-0.15, -0.1) is 0 Å². The highest BCUT2D eigenvalue weighted by Crippen LogP contribution is 2.16. The van der Waals surface area contributed by atoms with E-state index in [0.717, 1.165) is 17.7 Å². The topological polar surface area (TPSA) is 79.5 Å². The van der Waals surface area contributed by atoms with Crippen molar-refractivity contribution in [2.24, 2.45) is 0 Å². The first-order valence-electron chi connectivity index (χ1n) is 9.62. The summed E-state index contributed by atoms with van der Waals surface area (Å²) in [6.45, 7) is 6.71. The molecule has 0 fully saturated rings. The van der Waals surface area contributed by atoms with Crippen molar-refractivity contribution in [3.8, 4) is 5.75 Å².